The van der Waals surface area contributed by atoms with Crippen molar-refractivity contribution < 1.29 is 23.5 Å². The summed E-state index contributed by atoms with van der Waals surface area (Å²) in [5.74, 6) is -0.820. The molecule has 0 aliphatic rings. The molecule has 0 bridgehead atoms. The van der Waals surface area contributed by atoms with Gasteiger partial charge in [0.1, 0.15) is 11.6 Å². The standard InChI is InChI=1S/C20H22FN3O4/c1-13(28-18-9-5-16(21)6-10-18)19(26)24-17-7-3-15(4-8-17)20(27)23-12-11-22-14(2)25/h3-10,13H,11-12H2,1-2H3,(H,22,25)(H,23,27)(H,24,26). The topological polar surface area (TPSA) is 96.5 Å². The molecule has 8 heteroatoms. The number of benzene rings is 2. The Kier molecular flexibility index (Phi) is 7.50. The van der Waals surface area contributed by atoms with Crippen LogP contribution in [0.4, 0.5) is 10.1 Å². The lowest BCUT2D eigenvalue weighted by atomic mass is 10.2. The van der Waals surface area contributed by atoms with Crippen molar-refractivity contribution in [2.45, 2.75) is 20.0 Å². The van der Waals surface area contributed by atoms with Gasteiger partial charge in [0.2, 0.25) is 5.91 Å². The van der Waals surface area contributed by atoms with E-state index < -0.39 is 6.10 Å². The van der Waals surface area contributed by atoms with E-state index in [9.17, 15) is 18.8 Å². The molecule has 2 aromatic rings. The third-order valence-electron chi connectivity index (χ3n) is 3.69. The fourth-order valence-electron chi connectivity index (χ4n) is 2.24. The molecule has 1 atom stereocenters. The van der Waals surface area contributed by atoms with Gasteiger partial charge in [0.05, 0.1) is 0 Å². The van der Waals surface area contributed by atoms with Crippen LogP contribution in [0.2, 0.25) is 0 Å². The molecule has 7 nitrogen and oxygen atoms in total. The van der Waals surface area contributed by atoms with E-state index in [1.54, 1.807) is 31.2 Å². The maximum atomic E-state index is 12.9. The number of hydrogen-bond donors (Lipinski definition) is 3. The first-order chi connectivity index (χ1) is 13.3. The number of amides is 3. The molecule has 2 rings (SSSR count). The van der Waals surface area contributed by atoms with Crippen LogP contribution in [0.5, 0.6) is 5.75 Å². The molecule has 3 N–H and O–H groups in total. The summed E-state index contributed by atoms with van der Waals surface area (Å²) in [6.45, 7) is 3.65. The van der Waals surface area contributed by atoms with Gasteiger partial charge in [-0.1, -0.05) is 0 Å². The largest absolute Gasteiger partial charge is 0.481 e. The molecule has 0 saturated heterocycles. The first-order valence-corrected chi connectivity index (χ1v) is 8.71. The molecule has 1 unspecified atom stereocenters. The Balaban J connectivity index is 1.83. The number of anilines is 1. The highest BCUT2D eigenvalue weighted by molar-refractivity contribution is 5.96. The Hall–Kier alpha value is -3.42. The van der Waals surface area contributed by atoms with Crippen LogP contribution in [0.3, 0.4) is 0 Å². The maximum Gasteiger partial charge on any atom is 0.265 e. The van der Waals surface area contributed by atoms with Gasteiger partial charge in [-0.25, -0.2) is 4.39 Å². The van der Waals surface area contributed by atoms with E-state index in [0.29, 0.717) is 30.1 Å². The quantitative estimate of drug-likeness (QED) is 0.605. The van der Waals surface area contributed by atoms with Gasteiger partial charge in [-0.2, -0.15) is 0 Å². The molecule has 0 spiro atoms. The van der Waals surface area contributed by atoms with E-state index in [-0.39, 0.29) is 23.5 Å². The first-order valence-electron chi connectivity index (χ1n) is 8.71. The van der Waals surface area contributed by atoms with Gasteiger partial charge in [0, 0.05) is 31.3 Å². The number of halogens is 1. The zero-order chi connectivity index (χ0) is 20.5. The van der Waals surface area contributed by atoms with Gasteiger partial charge in [-0.3, -0.25) is 14.4 Å². The zero-order valence-electron chi connectivity index (χ0n) is 15.6. The smallest absolute Gasteiger partial charge is 0.265 e. The summed E-state index contributed by atoms with van der Waals surface area (Å²) >= 11 is 0. The normalized spacial score (nSPS) is 11.2. The lowest BCUT2D eigenvalue weighted by Gasteiger charge is -2.15. The van der Waals surface area contributed by atoms with Crippen LogP contribution in [-0.4, -0.2) is 36.9 Å². The highest BCUT2D eigenvalue weighted by atomic mass is 19.1. The molecule has 0 aromatic heterocycles. The average Bonchev–Trinajstić information content (AvgIpc) is 2.67. The van der Waals surface area contributed by atoms with E-state index in [1.165, 1.54) is 31.2 Å². The summed E-state index contributed by atoms with van der Waals surface area (Å²) in [5.41, 5.74) is 0.936. The van der Waals surface area contributed by atoms with Crippen LogP contribution in [0.25, 0.3) is 0 Å². The molecule has 0 aliphatic heterocycles. The molecule has 3 amide bonds. The van der Waals surface area contributed by atoms with Gasteiger partial charge in [-0.15, -0.1) is 0 Å². The zero-order valence-corrected chi connectivity index (χ0v) is 15.6. The minimum absolute atomic E-state index is 0.160. The van der Waals surface area contributed by atoms with Gasteiger partial charge >= 0.3 is 0 Å². The van der Waals surface area contributed by atoms with Gasteiger partial charge < -0.3 is 20.7 Å². The molecule has 0 fully saturated rings. The Labute approximate surface area is 162 Å². The van der Waals surface area contributed by atoms with Crippen molar-refractivity contribution >= 4 is 23.4 Å². The third kappa shape index (κ3) is 6.71. The second-order valence-corrected chi connectivity index (χ2v) is 6.02. The lowest BCUT2D eigenvalue weighted by Crippen LogP contribution is -2.33. The second kappa shape index (κ2) is 10.1. The van der Waals surface area contributed by atoms with Crippen molar-refractivity contribution in [1.82, 2.24) is 10.6 Å². The molecule has 28 heavy (non-hydrogen) atoms. The van der Waals surface area contributed by atoms with Gasteiger partial charge in [-0.05, 0) is 55.5 Å². The van der Waals surface area contributed by atoms with Crippen LogP contribution < -0.4 is 20.7 Å². The van der Waals surface area contributed by atoms with Crippen molar-refractivity contribution in [3.63, 3.8) is 0 Å². The van der Waals surface area contributed by atoms with Crippen molar-refractivity contribution in [3.05, 3.63) is 59.9 Å². The number of ether oxygens (including phenoxy) is 1. The maximum absolute atomic E-state index is 12.9. The van der Waals surface area contributed by atoms with E-state index in [0.717, 1.165) is 0 Å². The Morgan fingerprint density at radius 1 is 0.964 bits per heavy atom. The van der Waals surface area contributed by atoms with Crippen LogP contribution in [-0.2, 0) is 9.59 Å². The number of rotatable bonds is 8. The molecule has 148 valence electrons. The predicted molar refractivity (Wildman–Crippen MR) is 103 cm³/mol. The fraction of sp³-hybridized carbons (Fsp3) is 0.250. The molecule has 0 aliphatic carbocycles. The summed E-state index contributed by atoms with van der Waals surface area (Å²) in [7, 11) is 0. The van der Waals surface area contributed by atoms with Crippen LogP contribution in [0, 0.1) is 5.82 Å². The lowest BCUT2D eigenvalue weighted by molar-refractivity contribution is -0.122. The first kappa shape index (κ1) is 20.9. The summed E-state index contributed by atoms with van der Waals surface area (Å²) in [6, 6.07) is 11.7. The minimum atomic E-state index is -0.790. The number of carbonyl (C=O) groups excluding carboxylic acids is 3. The SMILES string of the molecule is CC(=O)NCCNC(=O)c1ccc(NC(=O)C(C)Oc2ccc(F)cc2)cc1. The minimum Gasteiger partial charge on any atom is -0.481 e. The van der Waals surface area contributed by atoms with Gasteiger partial charge in [0.25, 0.3) is 11.8 Å². The van der Waals surface area contributed by atoms with E-state index in [4.69, 9.17) is 4.74 Å². The Bertz CT molecular complexity index is 822. The second-order valence-electron chi connectivity index (χ2n) is 6.02. The van der Waals surface area contributed by atoms with Crippen molar-refractivity contribution in [2.75, 3.05) is 18.4 Å². The number of carbonyl (C=O) groups is 3. The van der Waals surface area contributed by atoms with Crippen LogP contribution >= 0.6 is 0 Å². The average molecular weight is 387 g/mol. The Morgan fingerprint density at radius 2 is 1.57 bits per heavy atom. The van der Waals surface area contributed by atoms with Crippen LogP contribution in [0.15, 0.2) is 48.5 Å². The fourth-order valence-corrected chi connectivity index (χ4v) is 2.24. The summed E-state index contributed by atoms with van der Waals surface area (Å²) in [4.78, 5) is 35.0. The van der Waals surface area contributed by atoms with Crippen LogP contribution in [0.1, 0.15) is 24.2 Å². The molecule has 0 radical (unpaired) electrons. The summed E-state index contributed by atoms with van der Waals surface area (Å²) in [5, 5.41) is 7.95. The predicted octanol–water partition coefficient (Wildman–Crippen LogP) is 2.10. The highest BCUT2D eigenvalue weighted by Gasteiger charge is 2.15. The number of hydrogen-bond acceptors (Lipinski definition) is 4. The van der Waals surface area contributed by atoms with Crippen molar-refractivity contribution in [3.8, 4) is 5.75 Å². The summed E-state index contributed by atoms with van der Waals surface area (Å²) in [6.07, 6.45) is -0.790. The van der Waals surface area contributed by atoms with E-state index in [1.807, 2.05) is 0 Å². The summed E-state index contributed by atoms with van der Waals surface area (Å²) < 4.78 is 18.4. The molecule has 0 heterocycles. The monoisotopic (exact) mass is 387 g/mol. The molecule has 2 aromatic carbocycles. The highest BCUT2D eigenvalue weighted by Crippen LogP contribution is 2.15. The van der Waals surface area contributed by atoms with Crippen molar-refractivity contribution in [1.29, 1.82) is 0 Å². The van der Waals surface area contributed by atoms with E-state index in [2.05, 4.69) is 16.0 Å². The third-order valence-corrected chi connectivity index (χ3v) is 3.69. The molecule has 0 saturated carbocycles. The molecular weight excluding hydrogens is 365 g/mol. The molecular formula is C20H22FN3O4. The number of nitrogens with one attached hydrogen (secondary N) is 3. The van der Waals surface area contributed by atoms with E-state index >= 15 is 0 Å². The Morgan fingerprint density at radius 3 is 2.18 bits per heavy atom. The van der Waals surface area contributed by atoms with Crippen molar-refractivity contribution in [2.24, 2.45) is 0 Å². The van der Waals surface area contributed by atoms with Gasteiger partial charge in [0.15, 0.2) is 6.10 Å².